The van der Waals surface area contributed by atoms with Crippen LogP contribution in [0.4, 0.5) is 11.4 Å². The summed E-state index contributed by atoms with van der Waals surface area (Å²) in [4.78, 5) is 23.3. The molecule has 0 aliphatic heterocycles. The van der Waals surface area contributed by atoms with Crippen molar-refractivity contribution in [2.75, 3.05) is 10.6 Å². The third-order valence-corrected chi connectivity index (χ3v) is 3.95. The number of carbonyl (C=O) groups is 2. The number of amides is 1. The number of benzene rings is 3. The minimum atomic E-state index is -1.11. The highest BCUT2D eigenvalue weighted by molar-refractivity contribution is 6.07. The second-order valence-corrected chi connectivity index (χ2v) is 6.09. The summed E-state index contributed by atoms with van der Waals surface area (Å²) in [6, 6.07) is 23.9. The van der Waals surface area contributed by atoms with E-state index in [1.807, 2.05) is 36.4 Å². The molecule has 3 aromatic rings. The van der Waals surface area contributed by atoms with Gasteiger partial charge in [-0.2, -0.15) is 5.26 Å². The highest BCUT2D eigenvalue weighted by Crippen LogP contribution is 2.22. The maximum Gasteiger partial charge on any atom is 0.335 e. The van der Waals surface area contributed by atoms with Gasteiger partial charge in [-0.25, -0.2) is 4.79 Å². The Bertz CT molecular complexity index is 1120. The van der Waals surface area contributed by atoms with Crippen molar-refractivity contribution in [3.63, 3.8) is 0 Å². The molecule has 0 radical (unpaired) electrons. The summed E-state index contributed by atoms with van der Waals surface area (Å²) in [7, 11) is 0. The summed E-state index contributed by atoms with van der Waals surface area (Å²) >= 11 is 0. The van der Waals surface area contributed by atoms with Crippen LogP contribution in [0, 0.1) is 11.3 Å². The Labute approximate surface area is 172 Å². The van der Waals surface area contributed by atoms with Crippen molar-refractivity contribution in [2.24, 2.45) is 0 Å². The predicted molar refractivity (Wildman–Crippen MR) is 112 cm³/mol. The zero-order valence-electron chi connectivity index (χ0n) is 15.7. The van der Waals surface area contributed by atoms with Crippen molar-refractivity contribution >= 4 is 23.3 Å². The van der Waals surface area contributed by atoms with E-state index >= 15 is 0 Å². The Morgan fingerprint density at radius 3 is 2.27 bits per heavy atom. The normalized spacial score (nSPS) is 10.6. The van der Waals surface area contributed by atoms with Gasteiger partial charge in [0.05, 0.1) is 5.56 Å². The lowest BCUT2D eigenvalue weighted by Crippen LogP contribution is -2.15. The first-order valence-electron chi connectivity index (χ1n) is 8.89. The van der Waals surface area contributed by atoms with Crippen LogP contribution in [-0.4, -0.2) is 17.0 Å². The van der Waals surface area contributed by atoms with Crippen LogP contribution in [0.3, 0.4) is 0 Å². The Hall–Kier alpha value is -4.57. The van der Waals surface area contributed by atoms with Gasteiger partial charge in [0.25, 0.3) is 5.91 Å². The molecule has 0 aliphatic rings. The fraction of sp³-hybridized carbons (Fsp3) is 0. The Morgan fingerprint density at radius 1 is 0.900 bits per heavy atom. The summed E-state index contributed by atoms with van der Waals surface area (Å²) in [5.41, 5.74) is 0.805. The average Bonchev–Trinajstić information content (AvgIpc) is 2.76. The van der Waals surface area contributed by atoms with Crippen LogP contribution in [0.1, 0.15) is 10.4 Å². The Balaban J connectivity index is 1.63. The van der Waals surface area contributed by atoms with E-state index in [4.69, 9.17) is 9.84 Å². The number of ether oxygens (including phenoxy) is 1. The van der Waals surface area contributed by atoms with Crippen LogP contribution < -0.4 is 15.4 Å². The molecule has 7 nitrogen and oxygen atoms in total. The summed E-state index contributed by atoms with van der Waals surface area (Å²) < 4.78 is 5.71. The monoisotopic (exact) mass is 399 g/mol. The quantitative estimate of drug-likeness (QED) is 0.394. The first-order valence-corrected chi connectivity index (χ1v) is 8.89. The summed E-state index contributed by atoms with van der Waals surface area (Å²) in [5, 5.41) is 23.7. The SMILES string of the molecule is N#C/C(=C/Nc1ccc(Oc2ccccc2)cc1)C(=O)Nc1cccc(C(=O)O)c1. The van der Waals surface area contributed by atoms with E-state index in [1.165, 1.54) is 30.5 Å². The van der Waals surface area contributed by atoms with E-state index in [1.54, 1.807) is 24.3 Å². The number of anilines is 2. The number of nitrogens with one attached hydrogen (secondary N) is 2. The van der Waals surface area contributed by atoms with Crippen molar-refractivity contribution in [2.45, 2.75) is 0 Å². The van der Waals surface area contributed by atoms with Crippen LogP contribution in [0.25, 0.3) is 0 Å². The van der Waals surface area contributed by atoms with Crippen molar-refractivity contribution < 1.29 is 19.4 Å². The molecule has 3 aromatic carbocycles. The van der Waals surface area contributed by atoms with Gasteiger partial charge in [-0.05, 0) is 54.6 Å². The van der Waals surface area contributed by atoms with Gasteiger partial charge >= 0.3 is 5.97 Å². The van der Waals surface area contributed by atoms with E-state index in [2.05, 4.69) is 10.6 Å². The van der Waals surface area contributed by atoms with Gasteiger partial charge in [-0.3, -0.25) is 4.79 Å². The second kappa shape index (κ2) is 9.57. The van der Waals surface area contributed by atoms with Gasteiger partial charge in [0, 0.05) is 17.6 Å². The number of para-hydroxylation sites is 1. The molecule has 3 N–H and O–H groups in total. The van der Waals surface area contributed by atoms with Crippen molar-refractivity contribution in [3.8, 4) is 17.6 Å². The first-order chi connectivity index (χ1) is 14.5. The van der Waals surface area contributed by atoms with Gasteiger partial charge < -0.3 is 20.5 Å². The third kappa shape index (κ3) is 5.47. The molecular weight excluding hydrogens is 382 g/mol. The molecular formula is C23H17N3O4. The van der Waals surface area contributed by atoms with E-state index in [0.29, 0.717) is 17.2 Å². The highest BCUT2D eigenvalue weighted by Gasteiger charge is 2.11. The Kier molecular flexibility index (Phi) is 6.44. The molecule has 7 heteroatoms. The molecule has 0 saturated carbocycles. The zero-order chi connectivity index (χ0) is 21.3. The summed E-state index contributed by atoms with van der Waals surface area (Å²) in [6.45, 7) is 0. The molecule has 3 rings (SSSR count). The van der Waals surface area contributed by atoms with Crippen molar-refractivity contribution in [1.29, 1.82) is 5.26 Å². The van der Waals surface area contributed by atoms with E-state index in [-0.39, 0.29) is 16.8 Å². The fourth-order valence-corrected chi connectivity index (χ4v) is 2.48. The van der Waals surface area contributed by atoms with Gasteiger partial charge in [-0.1, -0.05) is 24.3 Å². The molecule has 30 heavy (non-hydrogen) atoms. The molecule has 0 bridgehead atoms. The van der Waals surface area contributed by atoms with Gasteiger partial charge in [0.15, 0.2) is 0 Å². The second-order valence-electron chi connectivity index (χ2n) is 6.09. The number of nitrogens with zero attached hydrogens (tertiary/aromatic N) is 1. The smallest absolute Gasteiger partial charge is 0.335 e. The number of nitriles is 1. The number of carbonyl (C=O) groups excluding carboxylic acids is 1. The number of aromatic carboxylic acids is 1. The first kappa shape index (κ1) is 20.2. The van der Waals surface area contributed by atoms with Crippen molar-refractivity contribution in [3.05, 3.63) is 96.2 Å². The minimum Gasteiger partial charge on any atom is -0.478 e. The largest absolute Gasteiger partial charge is 0.478 e. The maximum atomic E-state index is 12.3. The molecule has 0 fully saturated rings. The zero-order valence-corrected chi connectivity index (χ0v) is 15.7. The summed E-state index contributed by atoms with van der Waals surface area (Å²) in [5.74, 6) is -0.402. The van der Waals surface area contributed by atoms with Crippen LogP contribution in [-0.2, 0) is 4.79 Å². The van der Waals surface area contributed by atoms with E-state index in [9.17, 15) is 14.9 Å². The highest BCUT2D eigenvalue weighted by atomic mass is 16.5. The number of carboxylic acids is 1. The predicted octanol–water partition coefficient (Wildman–Crippen LogP) is 4.64. The van der Waals surface area contributed by atoms with Crippen LogP contribution >= 0.6 is 0 Å². The van der Waals surface area contributed by atoms with Gasteiger partial charge in [0.2, 0.25) is 0 Å². The topological polar surface area (TPSA) is 111 Å². The molecule has 0 spiro atoms. The summed E-state index contributed by atoms with van der Waals surface area (Å²) in [6.07, 6.45) is 1.28. The molecule has 148 valence electrons. The fourth-order valence-electron chi connectivity index (χ4n) is 2.48. The van der Waals surface area contributed by atoms with Crippen LogP contribution in [0.2, 0.25) is 0 Å². The van der Waals surface area contributed by atoms with Gasteiger partial charge in [0.1, 0.15) is 23.1 Å². The molecule has 0 aromatic heterocycles. The molecule has 0 unspecified atom stereocenters. The Morgan fingerprint density at radius 2 is 1.60 bits per heavy atom. The standard InChI is InChI=1S/C23H17N3O4/c24-14-17(22(27)26-19-6-4-5-16(13-19)23(28)29)15-25-18-9-11-21(12-10-18)30-20-7-2-1-3-8-20/h1-13,15,25H,(H,26,27)(H,28,29)/b17-15-. The number of hydrogen-bond acceptors (Lipinski definition) is 5. The molecule has 1 amide bonds. The lowest BCUT2D eigenvalue weighted by Gasteiger charge is -2.08. The molecule has 0 heterocycles. The lowest BCUT2D eigenvalue weighted by molar-refractivity contribution is -0.112. The number of carboxylic acid groups (broad SMARTS) is 1. The van der Waals surface area contributed by atoms with E-state index in [0.717, 1.165) is 0 Å². The number of rotatable bonds is 7. The number of hydrogen-bond donors (Lipinski definition) is 3. The maximum absolute atomic E-state index is 12.3. The molecule has 0 saturated heterocycles. The third-order valence-electron chi connectivity index (χ3n) is 3.95. The van der Waals surface area contributed by atoms with Crippen LogP contribution in [0.15, 0.2) is 90.6 Å². The lowest BCUT2D eigenvalue weighted by atomic mass is 10.2. The molecule has 0 aliphatic carbocycles. The van der Waals surface area contributed by atoms with Gasteiger partial charge in [-0.15, -0.1) is 0 Å². The average molecular weight is 399 g/mol. The van der Waals surface area contributed by atoms with Crippen molar-refractivity contribution in [1.82, 2.24) is 0 Å². The molecule has 0 atom stereocenters. The minimum absolute atomic E-state index is 0.0335. The van der Waals surface area contributed by atoms with E-state index < -0.39 is 11.9 Å². The van der Waals surface area contributed by atoms with Crippen LogP contribution in [0.5, 0.6) is 11.5 Å².